The maximum Gasteiger partial charge on any atom is 0.232 e. The zero-order valence-corrected chi connectivity index (χ0v) is 8.15. The van der Waals surface area contributed by atoms with Crippen LogP contribution in [0.1, 0.15) is 13.3 Å². The molecule has 0 aliphatic rings. The molecule has 1 atom stereocenters. The molecule has 0 saturated heterocycles. The molecule has 0 saturated carbocycles. The van der Waals surface area contributed by atoms with Crippen LogP contribution in [0.25, 0.3) is 0 Å². The number of rotatable bonds is 6. The van der Waals surface area contributed by atoms with E-state index >= 15 is 0 Å². The second kappa shape index (κ2) is 7.24. The summed E-state index contributed by atoms with van der Waals surface area (Å²) < 4.78 is 11.0. The molecule has 0 rings (SSSR count). The summed E-state index contributed by atoms with van der Waals surface area (Å²) in [6, 6.07) is 0. The lowest BCUT2D eigenvalue weighted by Crippen LogP contribution is -2.32. The second-order valence-corrected chi connectivity index (χ2v) is 4.00. The number of hydrogen-bond acceptors (Lipinski definition) is 3. The zero-order valence-electron chi connectivity index (χ0n) is 7.34. The van der Waals surface area contributed by atoms with Crippen LogP contribution >= 0.6 is 0 Å². The van der Waals surface area contributed by atoms with Gasteiger partial charge in [-0.1, -0.05) is 6.92 Å². The van der Waals surface area contributed by atoms with Gasteiger partial charge in [-0.15, -0.1) is 0 Å². The third kappa shape index (κ3) is 6.30. The van der Waals surface area contributed by atoms with Crippen molar-refractivity contribution < 1.29 is 9.00 Å². The number of carbonyl (C=O) groups excluding carboxylic acids is 1. The first-order chi connectivity index (χ1) is 5.70. The number of hydrogen-bond donors (Lipinski definition) is 2. The molecule has 0 fully saturated rings. The molecule has 72 valence electrons. The van der Waals surface area contributed by atoms with Gasteiger partial charge in [0, 0.05) is 29.6 Å². The zero-order chi connectivity index (χ0) is 9.40. The molecule has 0 aromatic heterocycles. The first kappa shape index (κ1) is 11.6. The van der Waals surface area contributed by atoms with Crippen LogP contribution in [0, 0.1) is 0 Å². The highest BCUT2D eigenvalue weighted by Gasteiger charge is 2.05. The van der Waals surface area contributed by atoms with Crippen LogP contribution in [-0.4, -0.2) is 34.7 Å². The predicted molar refractivity (Wildman–Crippen MR) is 50.2 cm³/mol. The lowest BCUT2D eigenvalue weighted by atomic mass is 10.6. The highest BCUT2D eigenvalue weighted by Crippen LogP contribution is 1.86. The summed E-state index contributed by atoms with van der Waals surface area (Å²) in [7, 11) is -1.01. The third-order valence-corrected chi connectivity index (χ3v) is 2.64. The van der Waals surface area contributed by atoms with Gasteiger partial charge in [0.2, 0.25) is 5.91 Å². The van der Waals surface area contributed by atoms with E-state index in [1.54, 1.807) is 0 Å². The Bertz CT molecular complexity index is 161. The van der Waals surface area contributed by atoms with Crippen molar-refractivity contribution in [1.29, 1.82) is 0 Å². The monoisotopic (exact) mass is 192 g/mol. The van der Waals surface area contributed by atoms with E-state index in [9.17, 15) is 9.00 Å². The van der Waals surface area contributed by atoms with Gasteiger partial charge in [0.25, 0.3) is 0 Å². The van der Waals surface area contributed by atoms with Crippen molar-refractivity contribution in [3.05, 3.63) is 0 Å². The Morgan fingerprint density at radius 1 is 1.58 bits per heavy atom. The highest BCUT2D eigenvalue weighted by molar-refractivity contribution is 7.85. The fourth-order valence-electron chi connectivity index (χ4n) is 0.709. The van der Waals surface area contributed by atoms with Crippen molar-refractivity contribution in [2.75, 3.05) is 24.6 Å². The average Bonchev–Trinajstić information content (AvgIpc) is 2.01. The molecule has 0 aromatic carbocycles. The van der Waals surface area contributed by atoms with Crippen LogP contribution in [0.2, 0.25) is 0 Å². The van der Waals surface area contributed by atoms with Gasteiger partial charge in [-0.3, -0.25) is 9.00 Å². The molecular formula is C7H16N2O2S. The number of amides is 1. The summed E-state index contributed by atoms with van der Waals surface area (Å²) in [6.45, 7) is 2.82. The van der Waals surface area contributed by atoms with Gasteiger partial charge in [-0.2, -0.15) is 0 Å². The summed E-state index contributed by atoms with van der Waals surface area (Å²) in [4.78, 5) is 10.9. The maximum absolute atomic E-state index is 11.0. The Morgan fingerprint density at radius 2 is 2.25 bits per heavy atom. The van der Waals surface area contributed by atoms with Crippen LogP contribution in [0.4, 0.5) is 0 Å². The molecule has 12 heavy (non-hydrogen) atoms. The van der Waals surface area contributed by atoms with E-state index < -0.39 is 10.8 Å². The van der Waals surface area contributed by atoms with E-state index in [-0.39, 0.29) is 11.7 Å². The average molecular weight is 192 g/mol. The van der Waals surface area contributed by atoms with Crippen molar-refractivity contribution in [2.45, 2.75) is 13.3 Å². The van der Waals surface area contributed by atoms with Gasteiger partial charge in [0.1, 0.15) is 5.75 Å². The molecular weight excluding hydrogens is 176 g/mol. The first-order valence-electron chi connectivity index (χ1n) is 4.02. The van der Waals surface area contributed by atoms with Crippen LogP contribution in [0.15, 0.2) is 0 Å². The molecule has 4 nitrogen and oxygen atoms in total. The number of nitrogens with one attached hydrogen (secondary N) is 1. The van der Waals surface area contributed by atoms with Gasteiger partial charge in [-0.05, 0) is 6.42 Å². The van der Waals surface area contributed by atoms with Crippen LogP contribution in [0.3, 0.4) is 0 Å². The minimum Gasteiger partial charge on any atom is -0.354 e. The summed E-state index contributed by atoms with van der Waals surface area (Å²) in [5.74, 6) is 0.524. The Hall–Kier alpha value is -0.420. The Kier molecular flexibility index (Phi) is 6.99. The van der Waals surface area contributed by atoms with Gasteiger partial charge in [0.15, 0.2) is 0 Å². The van der Waals surface area contributed by atoms with E-state index in [1.807, 2.05) is 6.92 Å². The smallest absolute Gasteiger partial charge is 0.232 e. The SMILES string of the molecule is CCCS(=O)CC(=O)NCCN. The first-order valence-corrected chi connectivity index (χ1v) is 5.51. The predicted octanol–water partition coefficient (Wildman–Crippen LogP) is -0.780. The van der Waals surface area contributed by atoms with Crippen molar-refractivity contribution in [3.8, 4) is 0 Å². The van der Waals surface area contributed by atoms with Crippen molar-refractivity contribution in [2.24, 2.45) is 5.73 Å². The molecule has 1 amide bonds. The third-order valence-electron chi connectivity index (χ3n) is 1.19. The number of nitrogens with two attached hydrogens (primary N) is 1. The maximum atomic E-state index is 11.0. The lowest BCUT2D eigenvalue weighted by Gasteiger charge is -2.02. The molecule has 0 aromatic rings. The standard InChI is InChI=1S/C7H16N2O2S/c1-2-5-12(11)6-7(10)9-4-3-8/h2-6,8H2,1H3,(H,9,10). The summed E-state index contributed by atoms with van der Waals surface area (Å²) in [5, 5.41) is 2.56. The Morgan fingerprint density at radius 3 is 2.75 bits per heavy atom. The van der Waals surface area contributed by atoms with Crippen LogP contribution in [0.5, 0.6) is 0 Å². The van der Waals surface area contributed by atoms with Gasteiger partial charge >= 0.3 is 0 Å². The van der Waals surface area contributed by atoms with Crippen molar-refractivity contribution in [3.63, 3.8) is 0 Å². The fourth-order valence-corrected chi connectivity index (χ4v) is 1.70. The highest BCUT2D eigenvalue weighted by atomic mass is 32.2. The van der Waals surface area contributed by atoms with E-state index in [0.29, 0.717) is 18.8 Å². The molecule has 0 heterocycles. The summed E-state index contributed by atoms with van der Waals surface area (Å²) >= 11 is 0. The Balaban J connectivity index is 3.47. The van der Waals surface area contributed by atoms with E-state index in [1.165, 1.54) is 0 Å². The van der Waals surface area contributed by atoms with Gasteiger partial charge < -0.3 is 11.1 Å². The topological polar surface area (TPSA) is 72.2 Å². The lowest BCUT2D eigenvalue weighted by molar-refractivity contribution is -0.118. The van der Waals surface area contributed by atoms with Crippen LogP contribution in [-0.2, 0) is 15.6 Å². The van der Waals surface area contributed by atoms with Gasteiger partial charge in [0.05, 0.1) is 0 Å². The van der Waals surface area contributed by atoms with Crippen molar-refractivity contribution >= 4 is 16.7 Å². The molecule has 0 radical (unpaired) electrons. The Labute approximate surface area is 75.4 Å². The summed E-state index contributed by atoms with van der Waals surface area (Å²) in [5.41, 5.74) is 5.18. The van der Waals surface area contributed by atoms with E-state index in [4.69, 9.17) is 5.73 Å². The second-order valence-electron chi connectivity index (χ2n) is 2.43. The normalized spacial score (nSPS) is 12.5. The van der Waals surface area contributed by atoms with E-state index in [2.05, 4.69) is 5.32 Å². The quantitative estimate of drug-likeness (QED) is 0.580. The molecule has 0 bridgehead atoms. The minimum absolute atomic E-state index is 0.105. The molecule has 1 unspecified atom stereocenters. The van der Waals surface area contributed by atoms with Crippen LogP contribution < -0.4 is 11.1 Å². The van der Waals surface area contributed by atoms with Crippen molar-refractivity contribution in [1.82, 2.24) is 5.32 Å². The summed E-state index contributed by atoms with van der Waals surface area (Å²) in [6.07, 6.45) is 0.844. The fraction of sp³-hybridized carbons (Fsp3) is 0.857. The van der Waals surface area contributed by atoms with E-state index in [0.717, 1.165) is 6.42 Å². The molecule has 0 aliphatic heterocycles. The molecule has 5 heteroatoms. The largest absolute Gasteiger partial charge is 0.354 e. The minimum atomic E-state index is -1.01. The molecule has 0 aliphatic carbocycles. The van der Waals surface area contributed by atoms with Gasteiger partial charge in [-0.25, -0.2) is 0 Å². The molecule has 3 N–H and O–H groups in total. The molecule has 0 spiro atoms. The number of carbonyl (C=O) groups is 1.